The molecule has 2 saturated heterocycles. The molecule has 2 amide bonds. The molecule has 1 aromatic rings. The molecule has 24 heavy (non-hydrogen) atoms. The van der Waals surface area contributed by atoms with Crippen molar-refractivity contribution in [2.75, 3.05) is 32.4 Å². The van der Waals surface area contributed by atoms with Crippen LogP contribution in [0.2, 0.25) is 0 Å². The van der Waals surface area contributed by atoms with Gasteiger partial charge in [0.2, 0.25) is 11.8 Å². The molecule has 0 bridgehead atoms. The third-order valence-electron chi connectivity index (χ3n) is 4.73. The highest BCUT2D eigenvalue weighted by Gasteiger charge is 2.31. The lowest BCUT2D eigenvalue weighted by atomic mass is 10.2. The van der Waals surface area contributed by atoms with Crippen molar-refractivity contribution in [2.24, 2.45) is 0 Å². The molecule has 6 heteroatoms. The maximum Gasteiger partial charge on any atom is 0.245 e. The van der Waals surface area contributed by atoms with E-state index in [1.54, 1.807) is 11.8 Å². The molecule has 3 rings (SSSR count). The molecular weight excluding hydrogens is 322 g/mol. The molecule has 1 unspecified atom stereocenters. The topological polar surface area (TPSA) is 52.7 Å². The summed E-state index contributed by atoms with van der Waals surface area (Å²) in [6, 6.07) is 8.35. The highest BCUT2D eigenvalue weighted by molar-refractivity contribution is 7.98. The van der Waals surface area contributed by atoms with Gasteiger partial charge in [-0.2, -0.15) is 0 Å². The summed E-state index contributed by atoms with van der Waals surface area (Å²) >= 11 is 1.76. The minimum atomic E-state index is -0.303. The second kappa shape index (κ2) is 8.03. The number of thioether (sulfide) groups is 1. The third kappa shape index (κ3) is 4.30. The van der Waals surface area contributed by atoms with Crippen LogP contribution in [0.25, 0.3) is 0 Å². The van der Waals surface area contributed by atoms with Crippen LogP contribution in [-0.2, 0) is 16.1 Å². The average Bonchev–Trinajstić information content (AvgIpc) is 2.90. The molecule has 2 heterocycles. The first kappa shape index (κ1) is 17.3. The van der Waals surface area contributed by atoms with Crippen molar-refractivity contribution in [1.29, 1.82) is 0 Å². The number of nitrogens with one attached hydrogen (secondary N) is 1. The number of carbonyl (C=O) groups excluding carboxylic acids is 2. The minimum absolute atomic E-state index is 0.00141. The molecule has 0 aliphatic carbocycles. The minimum Gasteiger partial charge on any atom is -0.344 e. The second-order valence-electron chi connectivity index (χ2n) is 6.47. The van der Waals surface area contributed by atoms with Gasteiger partial charge in [-0.1, -0.05) is 12.1 Å². The fraction of sp³-hybridized carbons (Fsp3) is 0.556. The molecule has 1 atom stereocenters. The van der Waals surface area contributed by atoms with Gasteiger partial charge in [-0.15, -0.1) is 11.8 Å². The predicted octanol–water partition coefficient (Wildman–Crippen LogP) is 1.72. The van der Waals surface area contributed by atoms with Gasteiger partial charge in [0, 0.05) is 44.0 Å². The largest absolute Gasteiger partial charge is 0.344 e. The Labute approximate surface area is 147 Å². The molecule has 0 spiro atoms. The normalized spacial score (nSPS) is 22.3. The Bertz CT molecular complexity index is 608. The van der Waals surface area contributed by atoms with Gasteiger partial charge in [0.15, 0.2) is 0 Å². The highest BCUT2D eigenvalue weighted by atomic mass is 32.2. The monoisotopic (exact) mass is 347 g/mol. The van der Waals surface area contributed by atoms with E-state index in [0.717, 1.165) is 39.1 Å². The van der Waals surface area contributed by atoms with Crippen molar-refractivity contribution in [2.45, 2.75) is 36.7 Å². The summed E-state index contributed by atoms with van der Waals surface area (Å²) < 4.78 is 0. The SMILES string of the molecule is CSc1cccc(CN2CCCN(C(=O)C3CCC(=O)N3)CC2)c1. The first-order valence-electron chi connectivity index (χ1n) is 8.59. The Morgan fingerprint density at radius 2 is 2.17 bits per heavy atom. The Morgan fingerprint density at radius 3 is 2.92 bits per heavy atom. The van der Waals surface area contributed by atoms with Crippen LogP contribution < -0.4 is 5.32 Å². The zero-order chi connectivity index (χ0) is 16.9. The van der Waals surface area contributed by atoms with Gasteiger partial charge in [-0.25, -0.2) is 0 Å². The van der Waals surface area contributed by atoms with E-state index in [1.165, 1.54) is 10.5 Å². The van der Waals surface area contributed by atoms with E-state index in [4.69, 9.17) is 0 Å². The molecule has 5 nitrogen and oxygen atoms in total. The summed E-state index contributed by atoms with van der Waals surface area (Å²) in [4.78, 5) is 29.5. The Balaban J connectivity index is 1.54. The maximum absolute atomic E-state index is 12.5. The molecule has 0 saturated carbocycles. The van der Waals surface area contributed by atoms with Gasteiger partial charge < -0.3 is 10.2 Å². The third-order valence-corrected chi connectivity index (χ3v) is 5.46. The molecule has 2 aliphatic heterocycles. The van der Waals surface area contributed by atoms with Crippen molar-refractivity contribution >= 4 is 23.6 Å². The van der Waals surface area contributed by atoms with Gasteiger partial charge in [0.05, 0.1) is 0 Å². The van der Waals surface area contributed by atoms with Gasteiger partial charge in [0.25, 0.3) is 0 Å². The molecule has 130 valence electrons. The lowest BCUT2D eigenvalue weighted by molar-refractivity contribution is -0.134. The summed E-state index contributed by atoms with van der Waals surface area (Å²) in [6.07, 6.45) is 4.19. The highest BCUT2D eigenvalue weighted by Crippen LogP contribution is 2.18. The number of rotatable bonds is 4. The Hall–Kier alpha value is -1.53. The van der Waals surface area contributed by atoms with Crippen molar-refractivity contribution < 1.29 is 9.59 Å². The van der Waals surface area contributed by atoms with Crippen LogP contribution >= 0.6 is 11.8 Å². The zero-order valence-electron chi connectivity index (χ0n) is 14.2. The Morgan fingerprint density at radius 1 is 1.29 bits per heavy atom. The number of hydrogen-bond acceptors (Lipinski definition) is 4. The van der Waals surface area contributed by atoms with E-state index in [9.17, 15) is 9.59 Å². The van der Waals surface area contributed by atoms with Gasteiger partial charge >= 0.3 is 0 Å². The standard InChI is InChI=1S/C18H25N3O2S/c1-24-15-5-2-4-14(12-15)13-20-8-3-9-21(11-10-20)18(23)16-6-7-17(22)19-16/h2,4-5,12,16H,3,6-11,13H2,1H3,(H,19,22). The number of nitrogens with zero attached hydrogens (tertiary/aromatic N) is 2. The molecular formula is C18H25N3O2S. The molecule has 0 radical (unpaired) electrons. The van der Waals surface area contributed by atoms with Gasteiger partial charge in [-0.3, -0.25) is 14.5 Å². The zero-order valence-corrected chi connectivity index (χ0v) is 15.0. The summed E-state index contributed by atoms with van der Waals surface area (Å²) in [5.74, 6) is 0.0885. The Kier molecular flexibility index (Phi) is 5.79. The molecule has 2 aliphatic rings. The van der Waals surface area contributed by atoms with Crippen molar-refractivity contribution in [3.05, 3.63) is 29.8 Å². The van der Waals surface area contributed by atoms with Crippen LogP contribution in [-0.4, -0.2) is 60.1 Å². The fourth-order valence-corrected chi connectivity index (χ4v) is 3.88. The summed E-state index contributed by atoms with van der Waals surface area (Å²) in [5, 5.41) is 2.79. The van der Waals surface area contributed by atoms with Crippen LogP contribution in [0.5, 0.6) is 0 Å². The lowest BCUT2D eigenvalue weighted by Crippen LogP contribution is -2.45. The second-order valence-corrected chi connectivity index (χ2v) is 7.34. The van der Waals surface area contributed by atoms with E-state index < -0.39 is 0 Å². The first-order chi connectivity index (χ1) is 11.7. The molecule has 1 aromatic carbocycles. The predicted molar refractivity (Wildman–Crippen MR) is 95.9 cm³/mol. The smallest absolute Gasteiger partial charge is 0.245 e. The summed E-state index contributed by atoms with van der Waals surface area (Å²) in [5.41, 5.74) is 1.32. The van der Waals surface area contributed by atoms with Crippen LogP contribution in [0.1, 0.15) is 24.8 Å². The fourth-order valence-electron chi connectivity index (χ4n) is 3.40. The number of amides is 2. The van der Waals surface area contributed by atoms with Crippen LogP contribution in [0.4, 0.5) is 0 Å². The van der Waals surface area contributed by atoms with Crippen molar-refractivity contribution in [3.63, 3.8) is 0 Å². The van der Waals surface area contributed by atoms with E-state index >= 15 is 0 Å². The van der Waals surface area contributed by atoms with E-state index in [1.807, 2.05) is 4.90 Å². The summed E-state index contributed by atoms with van der Waals surface area (Å²) in [7, 11) is 0. The number of carbonyl (C=O) groups is 2. The first-order valence-corrected chi connectivity index (χ1v) is 9.81. The van der Waals surface area contributed by atoms with Gasteiger partial charge in [-0.05, 0) is 36.8 Å². The molecule has 1 N–H and O–H groups in total. The van der Waals surface area contributed by atoms with Crippen LogP contribution in [0.15, 0.2) is 29.2 Å². The molecule has 0 aromatic heterocycles. The lowest BCUT2D eigenvalue weighted by Gasteiger charge is -2.24. The number of benzene rings is 1. The quantitative estimate of drug-likeness (QED) is 0.843. The number of hydrogen-bond donors (Lipinski definition) is 1. The van der Waals surface area contributed by atoms with E-state index in [2.05, 4.69) is 40.7 Å². The maximum atomic E-state index is 12.5. The van der Waals surface area contributed by atoms with Crippen LogP contribution in [0.3, 0.4) is 0 Å². The van der Waals surface area contributed by atoms with Gasteiger partial charge in [0.1, 0.15) is 6.04 Å². The van der Waals surface area contributed by atoms with E-state index in [-0.39, 0.29) is 17.9 Å². The van der Waals surface area contributed by atoms with E-state index in [0.29, 0.717) is 12.8 Å². The van der Waals surface area contributed by atoms with Crippen molar-refractivity contribution in [1.82, 2.24) is 15.1 Å². The van der Waals surface area contributed by atoms with Crippen LogP contribution in [0, 0.1) is 0 Å². The summed E-state index contributed by atoms with van der Waals surface area (Å²) in [6.45, 7) is 4.34. The van der Waals surface area contributed by atoms with Crippen molar-refractivity contribution in [3.8, 4) is 0 Å². The average molecular weight is 347 g/mol. The molecule has 2 fully saturated rings.